The van der Waals surface area contributed by atoms with Gasteiger partial charge in [0.05, 0.1) is 39.6 Å². The van der Waals surface area contributed by atoms with Crippen LogP contribution in [-0.4, -0.2) is 114 Å². The zero-order chi connectivity index (χ0) is 16.8. The normalized spacial score (nSPS) is 9.71. The quantitative estimate of drug-likeness (QED) is 0.176. The minimum atomic E-state index is 0.0694. The molecule has 0 bridgehead atoms. The number of aliphatic hydroxyl groups excluding tert-OH is 6. The molecule has 0 aromatic heterocycles. The number of hydrogen-bond donors (Lipinski definition) is 8. The molecule has 9 heteroatoms. The van der Waals surface area contributed by atoms with Crippen LogP contribution in [0.15, 0.2) is 0 Å². The highest BCUT2D eigenvalue weighted by molar-refractivity contribution is 4.54. The Kier molecular flexibility index (Phi) is 34.0. The van der Waals surface area contributed by atoms with Crippen LogP contribution in [0.3, 0.4) is 0 Å². The van der Waals surface area contributed by atoms with Crippen LogP contribution < -0.4 is 11.1 Å². The Morgan fingerprint density at radius 2 is 0.952 bits per heavy atom. The van der Waals surface area contributed by atoms with Crippen molar-refractivity contribution in [2.24, 2.45) is 5.73 Å². The Labute approximate surface area is 126 Å². The first-order valence-corrected chi connectivity index (χ1v) is 6.96. The summed E-state index contributed by atoms with van der Waals surface area (Å²) in [6.07, 6.45) is 0. The third-order valence-electron chi connectivity index (χ3n) is 1.95. The van der Waals surface area contributed by atoms with E-state index in [9.17, 15) is 0 Å². The molecule has 21 heavy (non-hydrogen) atoms. The summed E-state index contributed by atoms with van der Waals surface area (Å²) in [4.78, 5) is 1.79. The summed E-state index contributed by atoms with van der Waals surface area (Å²) in [7, 11) is 0. The SMILES string of the molecule is NCCO.OCCN(CCO)CCO.OCCNCCO. The molecule has 0 fully saturated rings. The number of nitrogens with zero attached hydrogens (tertiary/aromatic N) is 1. The zero-order valence-electron chi connectivity index (χ0n) is 12.7. The predicted octanol–water partition coefficient (Wildman–Crippen LogP) is -4.24. The summed E-state index contributed by atoms with van der Waals surface area (Å²) >= 11 is 0. The van der Waals surface area contributed by atoms with Gasteiger partial charge in [0.2, 0.25) is 0 Å². The Hall–Kier alpha value is -0.360. The summed E-state index contributed by atoms with van der Waals surface area (Å²) in [6, 6.07) is 0. The van der Waals surface area contributed by atoms with Gasteiger partial charge in [-0.2, -0.15) is 0 Å². The van der Waals surface area contributed by atoms with Gasteiger partial charge < -0.3 is 41.7 Å². The third kappa shape index (κ3) is 32.8. The minimum Gasteiger partial charge on any atom is -0.395 e. The molecule has 0 amide bonds. The molecule has 0 atom stereocenters. The van der Waals surface area contributed by atoms with Crippen molar-refractivity contribution in [3.63, 3.8) is 0 Å². The Balaban J connectivity index is -0.000000256. The fourth-order valence-electron chi connectivity index (χ4n) is 1.04. The van der Waals surface area contributed by atoms with Crippen LogP contribution in [0.2, 0.25) is 0 Å². The molecule has 0 aliphatic heterocycles. The topological polar surface area (TPSA) is 163 Å². The van der Waals surface area contributed by atoms with Gasteiger partial charge in [-0.1, -0.05) is 0 Å². The highest BCUT2D eigenvalue weighted by atomic mass is 16.3. The van der Waals surface area contributed by atoms with Crippen LogP contribution in [0.4, 0.5) is 0 Å². The van der Waals surface area contributed by atoms with Gasteiger partial charge in [0.25, 0.3) is 0 Å². The summed E-state index contributed by atoms with van der Waals surface area (Å²) in [5, 5.41) is 52.3. The molecule has 0 aliphatic rings. The highest BCUT2D eigenvalue weighted by Gasteiger charge is 2.00. The van der Waals surface area contributed by atoms with Gasteiger partial charge in [-0.15, -0.1) is 0 Å². The number of aliphatic hydroxyl groups is 6. The predicted molar refractivity (Wildman–Crippen MR) is 80.9 cm³/mol. The molecular formula is C12H33N3O6. The average Bonchev–Trinajstić information content (AvgIpc) is 2.50. The van der Waals surface area contributed by atoms with E-state index in [1.807, 2.05) is 0 Å². The largest absolute Gasteiger partial charge is 0.395 e. The standard InChI is InChI=1S/C6H15NO3.C4H11NO2.C2H7NO/c8-4-1-7(2-5-9)3-6-10;6-3-1-5-2-4-7;3-1-2-4/h8-10H,1-6H2;5-7H,1-4H2;4H,1-3H2. The van der Waals surface area contributed by atoms with Gasteiger partial charge in [-0.25, -0.2) is 0 Å². The van der Waals surface area contributed by atoms with Crippen molar-refractivity contribution in [3.05, 3.63) is 0 Å². The van der Waals surface area contributed by atoms with Crippen molar-refractivity contribution < 1.29 is 30.6 Å². The third-order valence-corrected chi connectivity index (χ3v) is 1.95. The molecule has 0 spiro atoms. The summed E-state index contributed by atoms with van der Waals surface area (Å²) in [5.41, 5.74) is 4.78. The van der Waals surface area contributed by atoms with Crippen LogP contribution in [0.1, 0.15) is 0 Å². The molecule has 0 aliphatic carbocycles. The van der Waals surface area contributed by atoms with E-state index in [1.54, 1.807) is 4.90 Å². The number of nitrogens with one attached hydrogen (secondary N) is 1. The second-order valence-electron chi connectivity index (χ2n) is 3.72. The Bertz CT molecular complexity index is 137. The minimum absolute atomic E-state index is 0.0694. The molecule has 9 nitrogen and oxygen atoms in total. The maximum absolute atomic E-state index is 8.48. The van der Waals surface area contributed by atoms with Crippen molar-refractivity contribution >= 4 is 0 Å². The number of rotatable bonds is 11. The van der Waals surface area contributed by atoms with Gasteiger partial charge in [0.15, 0.2) is 0 Å². The monoisotopic (exact) mass is 315 g/mol. The molecule has 0 unspecified atom stereocenters. The maximum Gasteiger partial charge on any atom is 0.0558 e. The van der Waals surface area contributed by atoms with E-state index in [0.717, 1.165) is 0 Å². The van der Waals surface area contributed by atoms with E-state index >= 15 is 0 Å². The number of nitrogens with two attached hydrogens (primary N) is 1. The van der Waals surface area contributed by atoms with E-state index in [1.165, 1.54) is 0 Å². The first kappa shape index (κ1) is 25.6. The first-order valence-electron chi connectivity index (χ1n) is 6.96. The van der Waals surface area contributed by atoms with E-state index in [2.05, 4.69) is 5.32 Å². The smallest absolute Gasteiger partial charge is 0.0558 e. The Morgan fingerprint density at radius 3 is 1.14 bits per heavy atom. The van der Waals surface area contributed by atoms with Crippen LogP contribution >= 0.6 is 0 Å². The van der Waals surface area contributed by atoms with Crippen LogP contribution in [0.5, 0.6) is 0 Å². The zero-order valence-corrected chi connectivity index (χ0v) is 12.7. The molecule has 9 N–H and O–H groups in total. The van der Waals surface area contributed by atoms with Gasteiger partial charge >= 0.3 is 0 Å². The molecule has 0 radical (unpaired) electrons. The molecule has 0 rings (SSSR count). The van der Waals surface area contributed by atoms with E-state index < -0.39 is 0 Å². The van der Waals surface area contributed by atoms with E-state index in [4.69, 9.17) is 36.4 Å². The summed E-state index contributed by atoms with van der Waals surface area (Å²) in [5.74, 6) is 0. The van der Waals surface area contributed by atoms with Crippen molar-refractivity contribution in [2.75, 3.05) is 78.9 Å². The molecule has 0 heterocycles. The average molecular weight is 315 g/mol. The highest BCUT2D eigenvalue weighted by Crippen LogP contribution is 1.84. The fourth-order valence-corrected chi connectivity index (χ4v) is 1.04. The molecule has 132 valence electrons. The lowest BCUT2D eigenvalue weighted by Crippen LogP contribution is -2.32. The van der Waals surface area contributed by atoms with Gasteiger partial charge in [0.1, 0.15) is 0 Å². The lowest BCUT2D eigenvalue weighted by molar-refractivity contribution is 0.136. The lowest BCUT2D eigenvalue weighted by Gasteiger charge is -2.17. The van der Waals surface area contributed by atoms with Crippen molar-refractivity contribution in [2.45, 2.75) is 0 Å². The van der Waals surface area contributed by atoms with E-state index in [0.29, 0.717) is 39.3 Å². The molecular weight excluding hydrogens is 282 g/mol. The van der Waals surface area contributed by atoms with Crippen molar-refractivity contribution in [1.82, 2.24) is 10.2 Å². The van der Waals surface area contributed by atoms with Crippen LogP contribution in [-0.2, 0) is 0 Å². The lowest BCUT2D eigenvalue weighted by atomic mass is 10.4. The van der Waals surface area contributed by atoms with Gasteiger partial charge in [0, 0.05) is 39.3 Å². The van der Waals surface area contributed by atoms with E-state index in [-0.39, 0.29) is 39.6 Å². The fraction of sp³-hybridized carbons (Fsp3) is 1.00. The first-order chi connectivity index (χ1) is 10.2. The van der Waals surface area contributed by atoms with Gasteiger partial charge in [-0.3, -0.25) is 4.90 Å². The summed E-state index contributed by atoms with van der Waals surface area (Å²) < 4.78 is 0. The molecule has 0 aromatic rings. The molecule has 0 saturated carbocycles. The molecule has 0 saturated heterocycles. The van der Waals surface area contributed by atoms with Crippen molar-refractivity contribution in [1.29, 1.82) is 0 Å². The van der Waals surface area contributed by atoms with Gasteiger partial charge in [-0.05, 0) is 0 Å². The van der Waals surface area contributed by atoms with Crippen molar-refractivity contribution in [3.8, 4) is 0 Å². The van der Waals surface area contributed by atoms with Crippen LogP contribution in [0, 0.1) is 0 Å². The van der Waals surface area contributed by atoms with Crippen LogP contribution in [0.25, 0.3) is 0 Å². The second-order valence-corrected chi connectivity index (χ2v) is 3.72. The molecule has 0 aromatic carbocycles. The maximum atomic E-state index is 8.48. The Morgan fingerprint density at radius 1 is 0.619 bits per heavy atom. The number of hydrogen-bond acceptors (Lipinski definition) is 9. The second kappa shape index (κ2) is 27.9. The summed E-state index contributed by atoms with van der Waals surface area (Å²) in [6.45, 7) is 3.64.